The average molecular weight is 414 g/mol. The van der Waals surface area contributed by atoms with E-state index >= 15 is 0 Å². The van der Waals surface area contributed by atoms with Crippen molar-refractivity contribution >= 4 is 14.0 Å². The smallest absolute Gasteiger partial charge is 0.0407 e. The van der Waals surface area contributed by atoms with E-state index in [9.17, 15) is 0 Å². The predicted molar refractivity (Wildman–Crippen MR) is 130 cm³/mol. The summed E-state index contributed by atoms with van der Waals surface area (Å²) in [5, 5.41) is 0. The topological polar surface area (TPSA) is 12.9 Å². The van der Waals surface area contributed by atoms with Crippen molar-refractivity contribution in [3.63, 3.8) is 0 Å². The van der Waals surface area contributed by atoms with Gasteiger partial charge < -0.3 is 0 Å². The number of pyridine rings is 1. The molecule has 1 aromatic carbocycles. The van der Waals surface area contributed by atoms with Gasteiger partial charge in [-0.1, -0.05) is 87.4 Å². The zero-order valence-electron chi connectivity index (χ0n) is 17.8. The molecule has 2 unspecified atom stereocenters. The fraction of sp³-hybridized carbons (Fsp3) is 0.393. The fourth-order valence-electron chi connectivity index (χ4n) is 5.54. The van der Waals surface area contributed by atoms with Gasteiger partial charge >= 0.3 is 0 Å². The highest BCUT2D eigenvalue weighted by Crippen LogP contribution is 2.63. The first-order valence-electron chi connectivity index (χ1n) is 11.7. The molecule has 0 amide bonds. The van der Waals surface area contributed by atoms with Crippen molar-refractivity contribution in [2.75, 3.05) is 6.16 Å². The van der Waals surface area contributed by atoms with E-state index in [2.05, 4.69) is 65.7 Å². The van der Waals surface area contributed by atoms with Crippen LogP contribution in [0.2, 0.25) is 0 Å². The molecule has 154 valence electrons. The van der Waals surface area contributed by atoms with Gasteiger partial charge in [0, 0.05) is 17.5 Å². The predicted octanol–water partition coefficient (Wildman–Crippen LogP) is 7.85. The third kappa shape index (κ3) is 4.23. The molecule has 0 bridgehead atoms. The Balaban J connectivity index is 1.55. The second-order valence-corrected chi connectivity index (χ2v) is 11.6. The van der Waals surface area contributed by atoms with E-state index in [-0.39, 0.29) is 7.92 Å². The second kappa shape index (κ2) is 9.44. The van der Waals surface area contributed by atoms with Gasteiger partial charge in [-0.2, -0.15) is 0 Å². The first-order chi connectivity index (χ1) is 14.9. The summed E-state index contributed by atoms with van der Waals surface area (Å²) in [6, 6.07) is 15.6. The molecule has 0 aliphatic heterocycles. The number of aryl methyl sites for hydroxylation is 1. The standard InChI is InChI=1S/C28H32NP/c1-2-13-25(14-3-1)30(21-19-24-12-8-9-20-29-24)28-26-15-6-4-10-22(26)17-18-23-11-5-7-16-27(23)28/h4-6,8-12,15,17-18,20,25,28H,1-3,7,13-14,16,19,21H2. The van der Waals surface area contributed by atoms with E-state index in [1.807, 2.05) is 12.3 Å². The number of fused-ring (bicyclic) bond motifs is 1. The number of hydrogen-bond donors (Lipinski definition) is 0. The highest BCUT2D eigenvalue weighted by Gasteiger charge is 2.35. The number of rotatable bonds is 5. The van der Waals surface area contributed by atoms with Gasteiger partial charge in [0.1, 0.15) is 0 Å². The van der Waals surface area contributed by atoms with Crippen molar-refractivity contribution in [3.8, 4) is 0 Å². The van der Waals surface area contributed by atoms with Gasteiger partial charge in [0.2, 0.25) is 0 Å². The minimum absolute atomic E-state index is 0.140. The maximum absolute atomic E-state index is 4.66. The van der Waals surface area contributed by atoms with E-state index in [4.69, 9.17) is 0 Å². The number of benzene rings is 1. The van der Waals surface area contributed by atoms with Crippen LogP contribution in [0.15, 0.2) is 78.0 Å². The summed E-state index contributed by atoms with van der Waals surface area (Å²) in [4.78, 5) is 4.66. The van der Waals surface area contributed by atoms with Crippen molar-refractivity contribution in [3.05, 3.63) is 94.9 Å². The van der Waals surface area contributed by atoms with Crippen LogP contribution in [-0.2, 0) is 6.42 Å². The molecule has 0 spiro atoms. The molecule has 1 nitrogen and oxygen atoms in total. The summed E-state index contributed by atoms with van der Waals surface area (Å²) in [5.74, 6) is 0. The van der Waals surface area contributed by atoms with Gasteiger partial charge in [0.25, 0.3) is 0 Å². The lowest BCUT2D eigenvalue weighted by atomic mass is 9.92. The normalized spacial score (nSPS) is 22.3. The molecule has 0 saturated heterocycles. The highest BCUT2D eigenvalue weighted by molar-refractivity contribution is 7.59. The Morgan fingerprint density at radius 3 is 2.63 bits per heavy atom. The quantitative estimate of drug-likeness (QED) is 0.455. The molecule has 0 N–H and O–H groups in total. The molecule has 5 rings (SSSR count). The Labute approximate surface area is 182 Å². The lowest BCUT2D eigenvalue weighted by Crippen LogP contribution is -2.19. The maximum Gasteiger partial charge on any atom is 0.0407 e. The van der Waals surface area contributed by atoms with E-state index in [0.717, 1.165) is 12.1 Å². The summed E-state index contributed by atoms with van der Waals surface area (Å²) in [5.41, 5.74) is 9.00. The van der Waals surface area contributed by atoms with Crippen LogP contribution >= 0.6 is 7.92 Å². The summed E-state index contributed by atoms with van der Waals surface area (Å²) >= 11 is 0. The van der Waals surface area contributed by atoms with Crippen LogP contribution in [0.4, 0.5) is 0 Å². The van der Waals surface area contributed by atoms with Crippen molar-refractivity contribution in [2.45, 2.75) is 62.7 Å². The molecular formula is C28H32NP. The number of aromatic nitrogens is 1. The van der Waals surface area contributed by atoms with Crippen LogP contribution in [0.3, 0.4) is 0 Å². The Hall–Kier alpha value is -1.98. The first-order valence-corrected chi connectivity index (χ1v) is 13.4. The average Bonchev–Trinajstić information content (AvgIpc) is 2.98. The van der Waals surface area contributed by atoms with E-state index in [0.29, 0.717) is 5.66 Å². The van der Waals surface area contributed by atoms with Gasteiger partial charge in [-0.15, -0.1) is 0 Å². The number of allylic oxidation sites excluding steroid dienone is 5. The fourth-order valence-corrected chi connectivity index (χ4v) is 9.37. The second-order valence-electron chi connectivity index (χ2n) is 8.89. The Morgan fingerprint density at radius 2 is 1.77 bits per heavy atom. The number of nitrogens with zero attached hydrogens (tertiary/aromatic N) is 1. The van der Waals surface area contributed by atoms with Crippen molar-refractivity contribution in [1.29, 1.82) is 0 Å². The van der Waals surface area contributed by atoms with Gasteiger partial charge in [0.15, 0.2) is 0 Å². The van der Waals surface area contributed by atoms with Crippen molar-refractivity contribution in [2.24, 2.45) is 0 Å². The summed E-state index contributed by atoms with van der Waals surface area (Å²) < 4.78 is 0. The molecule has 1 aromatic heterocycles. The SMILES string of the molecule is C1=CC2=C(CC1)C(P(CCc1ccccn1)C1CCCCC1)c1ccccc1C=C2. The van der Waals surface area contributed by atoms with E-state index in [1.54, 1.807) is 11.1 Å². The first kappa shape index (κ1) is 20.0. The monoisotopic (exact) mass is 413 g/mol. The minimum Gasteiger partial charge on any atom is -0.261 e. The third-order valence-electron chi connectivity index (χ3n) is 7.04. The van der Waals surface area contributed by atoms with E-state index in [1.165, 1.54) is 67.9 Å². The van der Waals surface area contributed by atoms with Gasteiger partial charge in [-0.05, 0) is 72.8 Å². The molecule has 2 heteroatoms. The molecule has 3 aliphatic carbocycles. The van der Waals surface area contributed by atoms with Crippen LogP contribution in [0.25, 0.3) is 6.08 Å². The lowest BCUT2D eigenvalue weighted by Gasteiger charge is -2.39. The third-order valence-corrected chi connectivity index (χ3v) is 10.5. The Morgan fingerprint density at radius 1 is 0.900 bits per heavy atom. The van der Waals surface area contributed by atoms with Crippen molar-refractivity contribution in [1.82, 2.24) is 4.98 Å². The van der Waals surface area contributed by atoms with Gasteiger partial charge in [-0.3, -0.25) is 4.98 Å². The molecule has 3 aliphatic rings. The van der Waals surface area contributed by atoms with Gasteiger partial charge in [-0.25, -0.2) is 0 Å². The van der Waals surface area contributed by atoms with Crippen LogP contribution in [0.5, 0.6) is 0 Å². The summed E-state index contributed by atoms with van der Waals surface area (Å²) in [6.07, 6.45) is 23.4. The van der Waals surface area contributed by atoms with Crippen LogP contribution in [-0.4, -0.2) is 16.8 Å². The summed E-state index contributed by atoms with van der Waals surface area (Å²) in [7, 11) is -0.140. The molecule has 2 atom stereocenters. The molecular weight excluding hydrogens is 381 g/mol. The van der Waals surface area contributed by atoms with E-state index < -0.39 is 0 Å². The molecule has 1 fully saturated rings. The number of hydrogen-bond acceptors (Lipinski definition) is 1. The Kier molecular flexibility index (Phi) is 6.28. The summed E-state index contributed by atoms with van der Waals surface area (Å²) in [6.45, 7) is 0. The zero-order chi connectivity index (χ0) is 20.2. The van der Waals surface area contributed by atoms with Crippen LogP contribution < -0.4 is 0 Å². The molecule has 2 aromatic rings. The molecule has 30 heavy (non-hydrogen) atoms. The molecule has 1 saturated carbocycles. The maximum atomic E-state index is 4.66. The largest absolute Gasteiger partial charge is 0.261 e. The molecule has 0 radical (unpaired) electrons. The lowest BCUT2D eigenvalue weighted by molar-refractivity contribution is 0.508. The Bertz CT molecular complexity index is 950. The highest BCUT2D eigenvalue weighted by atomic mass is 31.1. The minimum atomic E-state index is -0.140. The van der Waals surface area contributed by atoms with Gasteiger partial charge in [0.05, 0.1) is 0 Å². The van der Waals surface area contributed by atoms with Crippen molar-refractivity contribution < 1.29 is 0 Å². The van der Waals surface area contributed by atoms with Crippen LogP contribution in [0, 0.1) is 0 Å². The van der Waals surface area contributed by atoms with Crippen LogP contribution in [0.1, 0.15) is 67.4 Å². The zero-order valence-corrected chi connectivity index (χ0v) is 18.7. The molecule has 1 heterocycles.